The predicted octanol–water partition coefficient (Wildman–Crippen LogP) is 1.83. The number of hydrogen-bond donors (Lipinski definition) is 1. The Bertz CT molecular complexity index is 696. The summed E-state index contributed by atoms with van der Waals surface area (Å²) >= 11 is 0. The van der Waals surface area contributed by atoms with Crippen LogP contribution in [0.2, 0.25) is 0 Å². The lowest BCUT2D eigenvalue weighted by Crippen LogP contribution is -1.95. The molecule has 5 nitrogen and oxygen atoms in total. The van der Waals surface area contributed by atoms with Crippen LogP contribution in [0.1, 0.15) is 10.4 Å². The SMILES string of the molecule is O=C(O)c1cnc2cncc3cccnc3c1-2. The zero-order chi connectivity index (χ0) is 11.8. The van der Waals surface area contributed by atoms with E-state index in [-0.39, 0.29) is 5.56 Å². The minimum Gasteiger partial charge on any atom is -0.478 e. The van der Waals surface area contributed by atoms with Gasteiger partial charge in [-0.05, 0) is 12.1 Å². The lowest BCUT2D eigenvalue weighted by molar-refractivity contribution is 0.0698. The largest absolute Gasteiger partial charge is 0.478 e. The molecule has 0 saturated carbocycles. The van der Waals surface area contributed by atoms with Crippen LogP contribution in [0, 0.1) is 0 Å². The van der Waals surface area contributed by atoms with Gasteiger partial charge in [0.25, 0.3) is 0 Å². The van der Waals surface area contributed by atoms with E-state index in [4.69, 9.17) is 5.11 Å². The van der Waals surface area contributed by atoms with E-state index in [1.165, 1.54) is 6.20 Å². The van der Waals surface area contributed by atoms with Crippen LogP contribution in [-0.2, 0) is 0 Å². The molecule has 0 unspecified atom stereocenters. The van der Waals surface area contributed by atoms with Gasteiger partial charge in [-0.1, -0.05) is 0 Å². The summed E-state index contributed by atoms with van der Waals surface area (Å²) in [5.41, 5.74) is 1.83. The average molecular weight is 225 g/mol. The summed E-state index contributed by atoms with van der Waals surface area (Å²) in [4.78, 5) is 23.5. The van der Waals surface area contributed by atoms with Crippen molar-refractivity contribution in [1.82, 2.24) is 15.0 Å². The lowest BCUT2D eigenvalue weighted by atomic mass is 10.1. The second kappa shape index (κ2) is 3.48. The zero-order valence-electron chi connectivity index (χ0n) is 8.66. The molecule has 0 atom stereocenters. The van der Waals surface area contributed by atoms with Gasteiger partial charge in [-0.3, -0.25) is 15.0 Å². The van der Waals surface area contributed by atoms with Gasteiger partial charge in [-0.15, -0.1) is 0 Å². The van der Waals surface area contributed by atoms with Crippen LogP contribution in [0.25, 0.3) is 22.2 Å². The van der Waals surface area contributed by atoms with E-state index >= 15 is 0 Å². The van der Waals surface area contributed by atoms with Crippen LogP contribution in [0.4, 0.5) is 0 Å². The van der Waals surface area contributed by atoms with Crippen LogP contribution in [0.3, 0.4) is 0 Å². The highest BCUT2D eigenvalue weighted by atomic mass is 16.4. The van der Waals surface area contributed by atoms with Gasteiger partial charge in [-0.2, -0.15) is 0 Å². The van der Waals surface area contributed by atoms with E-state index < -0.39 is 5.97 Å². The van der Waals surface area contributed by atoms with E-state index in [0.29, 0.717) is 16.8 Å². The molecule has 3 rings (SSSR count). The molecule has 0 fully saturated rings. The average Bonchev–Trinajstić information content (AvgIpc) is 2.66. The second-order valence-corrected chi connectivity index (χ2v) is 3.59. The maximum absolute atomic E-state index is 11.1. The molecular weight excluding hydrogens is 218 g/mol. The molecule has 0 radical (unpaired) electrons. The number of hydrogen-bond acceptors (Lipinski definition) is 4. The quantitative estimate of drug-likeness (QED) is 0.683. The number of fused-ring (bicyclic) bond motifs is 3. The number of aromatic carboxylic acids is 1. The number of nitrogens with zero attached hydrogens (tertiary/aromatic N) is 3. The topological polar surface area (TPSA) is 76.0 Å². The van der Waals surface area contributed by atoms with Gasteiger partial charge in [0.1, 0.15) is 0 Å². The summed E-state index contributed by atoms with van der Waals surface area (Å²) in [5.74, 6) is -1.01. The fourth-order valence-corrected chi connectivity index (χ4v) is 1.83. The fraction of sp³-hybridized carbons (Fsp3) is 0. The van der Waals surface area contributed by atoms with E-state index in [1.54, 1.807) is 24.7 Å². The molecule has 1 N–H and O–H groups in total. The molecule has 0 spiro atoms. The fourth-order valence-electron chi connectivity index (χ4n) is 1.83. The molecule has 0 aromatic carbocycles. The highest BCUT2D eigenvalue weighted by molar-refractivity contribution is 6.04. The molecule has 0 amide bonds. The highest BCUT2D eigenvalue weighted by Crippen LogP contribution is 2.29. The Morgan fingerprint density at radius 1 is 1.18 bits per heavy atom. The number of carboxylic acid groups (broad SMARTS) is 1. The van der Waals surface area contributed by atoms with Crippen molar-refractivity contribution in [1.29, 1.82) is 0 Å². The Labute approximate surface area is 96.1 Å². The first-order chi connectivity index (χ1) is 8.27. The maximum Gasteiger partial charge on any atom is 0.338 e. The summed E-state index contributed by atoms with van der Waals surface area (Å²) in [7, 11) is 0. The molecule has 0 saturated heterocycles. The second-order valence-electron chi connectivity index (χ2n) is 3.59. The summed E-state index contributed by atoms with van der Waals surface area (Å²) in [6, 6.07) is 3.63. The smallest absolute Gasteiger partial charge is 0.338 e. The van der Waals surface area contributed by atoms with E-state index in [2.05, 4.69) is 15.0 Å². The van der Waals surface area contributed by atoms with Crippen molar-refractivity contribution in [2.75, 3.05) is 0 Å². The van der Waals surface area contributed by atoms with Gasteiger partial charge in [0, 0.05) is 29.5 Å². The first kappa shape index (κ1) is 9.65. The van der Waals surface area contributed by atoms with Crippen molar-refractivity contribution in [2.24, 2.45) is 0 Å². The number of carbonyl (C=O) groups is 1. The normalized spacial score (nSPS) is 10.8. The van der Waals surface area contributed by atoms with Gasteiger partial charge < -0.3 is 5.11 Å². The third-order valence-electron chi connectivity index (χ3n) is 2.57. The van der Waals surface area contributed by atoms with Crippen molar-refractivity contribution in [3.05, 3.63) is 42.5 Å². The van der Waals surface area contributed by atoms with Gasteiger partial charge in [0.15, 0.2) is 0 Å². The molecule has 82 valence electrons. The Kier molecular flexibility index (Phi) is 1.98. The van der Waals surface area contributed by atoms with Crippen LogP contribution < -0.4 is 0 Å². The van der Waals surface area contributed by atoms with Gasteiger partial charge in [-0.25, -0.2) is 4.79 Å². The third kappa shape index (κ3) is 1.40. The van der Waals surface area contributed by atoms with Crippen molar-refractivity contribution in [3.63, 3.8) is 0 Å². The zero-order valence-corrected chi connectivity index (χ0v) is 8.66. The Morgan fingerprint density at radius 2 is 2.06 bits per heavy atom. The standard InChI is InChI=1S/C12H7N3O2/c16-12(17)8-5-15-9-6-13-4-7-2-1-3-14-11(7)10(8)9/h1-6H,(H,16,17). The Morgan fingerprint density at radius 3 is 2.88 bits per heavy atom. The maximum atomic E-state index is 11.1. The molecule has 2 aliphatic rings. The monoisotopic (exact) mass is 225 g/mol. The van der Waals surface area contributed by atoms with Crippen molar-refractivity contribution in [3.8, 4) is 11.3 Å². The van der Waals surface area contributed by atoms with Gasteiger partial charge in [0.05, 0.1) is 23.0 Å². The predicted molar refractivity (Wildman–Crippen MR) is 60.9 cm³/mol. The summed E-state index contributed by atoms with van der Waals surface area (Å²) < 4.78 is 0. The first-order valence-electron chi connectivity index (χ1n) is 4.98. The number of aromatic nitrogens is 3. The number of pyridine rings is 1. The van der Waals surface area contributed by atoms with Crippen LogP contribution in [0.5, 0.6) is 0 Å². The molecule has 0 bridgehead atoms. The summed E-state index contributed by atoms with van der Waals surface area (Å²) in [6.45, 7) is 0. The minimum absolute atomic E-state index is 0.154. The summed E-state index contributed by atoms with van der Waals surface area (Å²) in [5, 5.41) is 9.91. The lowest BCUT2D eigenvalue weighted by Gasteiger charge is -1.97. The van der Waals surface area contributed by atoms with Crippen LogP contribution in [0.15, 0.2) is 36.9 Å². The number of rotatable bonds is 1. The molecule has 2 aliphatic heterocycles. The van der Waals surface area contributed by atoms with Crippen molar-refractivity contribution < 1.29 is 9.90 Å². The molecular formula is C12H7N3O2. The Hall–Kier alpha value is -2.56. The van der Waals surface area contributed by atoms with Crippen LogP contribution in [-0.4, -0.2) is 26.0 Å². The summed E-state index contributed by atoms with van der Waals surface area (Å²) in [6.07, 6.45) is 6.16. The van der Waals surface area contributed by atoms with E-state index in [1.807, 2.05) is 6.07 Å². The molecule has 5 heteroatoms. The molecule has 3 heterocycles. The third-order valence-corrected chi connectivity index (χ3v) is 2.57. The minimum atomic E-state index is -1.01. The molecule has 0 aliphatic carbocycles. The van der Waals surface area contributed by atoms with E-state index in [9.17, 15) is 4.79 Å². The molecule has 1 aromatic rings. The van der Waals surface area contributed by atoms with Gasteiger partial charge in [0.2, 0.25) is 0 Å². The van der Waals surface area contributed by atoms with Crippen LogP contribution >= 0.6 is 0 Å². The number of carboxylic acids is 1. The van der Waals surface area contributed by atoms with E-state index in [0.717, 1.165) is 5.39 Å². The highest BCUT2D eigenvalue weighted by Gasteiger charge is 2.19. The van der Waals surface area contributed by atoms with Crippen molar-refractivity contribution in [2.45, 2.75) is 0 Å². The van der Waals surface area contributed by atoms with Crippen molar-refractivity contribution >= 4 is 16.9 Å². The van der Waals surface area contributed by atoms with Gasteiger partial charge >= 0.3 is 5.97 Å². The molecule has 1 aromatic heterocycles. The first-order valence-corrected chi connectivity index (χ1v) is 4.98. The molecule has 17 heavy (non-hydrogen) atoms. The Balaban J connectivity index is 2.52.